The number of hydrogen-bond donors (Lipinski definition) is 2. The fourth-order valence-electron chi connectivity index (χ4n) is 2.10. The summed E-state index contributed by atoms with van der Waals surface area (Å²) in [6, 6.07) is 1.49. The third-order valence-corrected chi connectivity index (χ3v) is 4.78. The number of benzene rings is 1. The molecule has 0 aliphatic heterocycles. The van der Waals surface area contributed by atoms with Crippen molar-refractivity contribution in [2.24, 2.45) is 0 Å². The van der Waals surface area contributed by atoms with Gasteiger partial charge in [-0.05, 0) is 25.0 Å². The van der Waals surface area contributed by atoms with Crippen LogP contribution in [0.2, 0.25) is 0 Å². The molecular formula is C14H22F2N2O2S. The Morgan fingerprint density at radius 1 is 1.19 bits per heavy atom. The highest BCUT2D eigenvalue weighted by atomic mass is 32.2. The number of unbranched alkanes of at least 4 members (excludes halogenated alkanes) is 1. The average Bonchev–Trinajstić information content (AvgIpc) is 2.42. The van der Waals surface area contributed by atoms with E-state index in [1.165, 1.54) is 0 Å². The zero-order valence-corrected chi connectivity index (χ0v) is 13.1. The molecule has 1 aromatic rings. The molecule has 0 radical (unpaired) electrons. The maximum Gasteiger partial charge on any atom is 0.243 e. The summed E-state index contributed by atoms with van der Waals surface area (Å²) in [6.07, 6.45) is 3.98. The van der Waals surface area contributed by atoms with Gasteiger partial charge in [0.15, 0.2) is 5.82 Å². The normalized spacial score (nSPS) is 13.3. The molecule has 0 aliphatic carbocycles. The van der Waals surface area contributed by atoms with Crippen LogP contribution >= 0.6 is 0 Å². The van der Waals surface area contributed by atoms with E-state index in [1.807, 2.05) is 13.8 Å². The van der Waals surface area contributed by atoms with Crippen LogP contribution in [-0.2, 0) is 10.0 Å². The minimum absolute atomic E-state index is 0.259. The molecule has 1 unspecified atom stereocenters. The van der Waals surface area contributed by atoms with Crippen molar-refractivity contribution in [2.75, 3.05) is 5.73 Å². The fourth-order valence-corrected chi connectivity index (χ4v) is 3.50. The number of nitrogens with one attached hydrogen (secondary N) is 1. The standard InChI is InChI=1S/C14H22F2N2O2S/c1-3-5-7-10(6-4-2)18-21(19,20)12-9-8-11(15)14(17)13(12)16/h8-10,18H,3-7,17H2,1-2H3. The van der Waals surface area contributed by atoms with Crippen molar-refractivity contribution in [1.29, 1.82) is 0 Å². The third kappa shape index (κ3) is 4.64. The van der Waals surface area contributed by atoms with Gasteiger partial charge >= 0.3 is 0 Å². The summed E-state index contributed by atoms with van der Waals surface area (Å²) in [6.45, 7) is 3.96. The number of hydrogen-bond acceptors (Lipinski definition) is 3. The van der Waals surface area contributed by atoms with Crippen LogP contribution < -0.4 is 10.5 Å². The average molecular weight is 320 g/mol. The lowest BCUT2D eigenvalue weighted by Crippen LogP contribution is -2.35. The van der Waals surface area contributed by atoms with Crippen molar-refractivity contribution in [1.82, 2.24) is 4.72 Å². The Kier molecular flexibility index (Phi) is 6.54. The van der Waals surface area contributed by atoms with Gasteiger partial charge in [-0.3, -0.25) is 0 Å². The van der Waals surface area contributed by atoms with Crippen LogP contribution in [0.5, 0.6) is 0 Å². The first-order chi connectivity index (χ1) is 9.83. The van der Waals surface area contributed by atoms with Gasteiger partial charge in [0.1, 0.15) is 16.4 Å². The summed E-state index contributed by atoms with van der Waals surface area (Å²) in [5, 5.41) is 0. The smallest absolute Gasteiger partial charge is 0.243 e. The summed E-state index contributed by atoms with van der Waals surface area (Å²) in [5.41, 5.74) is 4.43. The van der Waals surface area contributed by atoms with E-state index in [1.54, 1.807) is 0 Å². The molecule has 0 fully saturated rings. The summed E-state index contributed by atoms with van der Waals surface area (Å²) >= 11 is 0. The zero-order chi connectivity index (χ0) is 16.0. The van der Waals surface area contributed by atoms with Crippen molar-refractivity contribution >= 4 is 15.7 Å². The molecule has 120 valence electrons. The predicted molar refractivity (Wildman–Crippen MR) is 79.3 cm³/mol. The summed E-state index contributed by atoms with van der Waals surface area (Å²) < 4.78 is 53.9. The lowest BCUT2D eigenvalue weighted by molar-refractivity contribution is 0.479. The van der Waals surface area contributed by atoms with Crippen LogP contribution in [-0.4, -0.2) is 14.5 Å². The van der Waals surface area contributed by atoms with Gasteiger partial charge in [0, 0.05) is 6.04 Å². The molecular weight excluding hydrogens is 298 g/mol. The molecule has 0 saturated heterocycles. The summed E-state index contributed by atoms with van der Waals surface area (Å²) in [7, 11) is -4.05. The van der Waals surface area contributed by atoms with Gasteiger partial charge < -0.3 is 5.73 Å². The first kappa shape index (κ1) is 17.8. The Balaban J connectivity index is 3.02. The monoisotopic (exact) mass is 320 g/mol. The summed E-state index contributed by atoms with van der Waals surface area (Å²) in [4.78, 5) is -0.612. The number of sulfonamides is 1. The van der Waals surface area contributed by atoms with E-state index in [2.05, 4.69) is 4.72 Å². The lowest BCUT2D eigenvalue weighted by atomic mass is 10.1. The fraction of sp³-hybridized carbons (Fsp3) is 0.571. The van der Waals surface area contributed by atoms with Crippen LogP contribution in [0, 0.1) is 11.6 Å². The van der Waals surface area contributed by atoms with Crippen LogP contribution in [0.4, 0.5) is 14.5 Å². The van der Waals surface area contributed by atoms with Gasteiger partial charge in [0.25, 0.3) is 0 Å². The van der Waals surface area contributed by atoms with Gasteiger partial charge in [-0.15, -0.1) is 0 Å². The van der Waals surface area contributed by atoms with Crippen molar-refractivity contribution in [3.05, 3.63) is 23.8 Å². The molecule has 0 saturated carbocycles. The number of nitrogen functional groups attached to an aromatic ring is 1. The predicted octanol–water partition coefficient (Wildman–Crippen LogP) is 3.18. The van der Waals surface area contributed by atoms with Crippen LogP contribution in [0.25, 0.3) is 0 Å². The SMILES string of the molecule is CCCCC(CCC)NS(=O)(=O)c1ccc(F)c(N)c1F. The molecule has 0 aliphatic rings. The van der Waals surface area contributed by atoms with Gasteiger partial charge in [0.2, 0.25) is 10.0 Å². The molecule has 7 heteroatoms. The molecule has 0 heterocycles. The molecule has 3 N–H and O–H groups in total. The van der Waals surface area contributed by atoms with Crippen LogP contribution in [0.15, 0.2) is 17.0 Å². The van der Waals surface area contributed by atoms with Gasteiger partial charge in [-0.2, -0.15) is 0 Å². The Hall–Kier alpha value is -1.21. The van der Waals surface area contributed by atoms with Crippen LogP contribution in [0.3, 0.4) is 0 Å². The van der Waals surface area contributed by atoms with E-state index in [0.717, 1.165) is 31.4 Å². The summed E-state index contributed by atoms with van der Waals surface area (Å²) in [5.74, 6) is -2.21. The minimum Gasteiger partial charge on any atom is -0.394 e. The molecule has 1 atom stereocenters. The Morgan fingerprint density at radius 3 is 2.43 bits per heavy atom. The van der Waals surface area contributed by atoms with E-state index in [-0.39, 0.29) is 6.04 Å². The maximum atomic E-state index is 13.9. The van der Waals surface area contributed by atoms with E-state index >= 15 is 0 Å². The highest BCUT2D eigenvalue weighted by Crippen LogP contribution is 2.23. The van der Waals surface area contributed by atoms with Crippen molar-refractivity contribution in [3.63, 3.8) is 0 Å². The molecule has 1 aromatic carbocycles. The molecule has 0 aromatic heterocycles. The van der Waals surface area contributed by atoms with Crippen molar-refractivity contribution in [3.8, 4) is 0 Å². The molecule has 0 amide bonds. The van der Waals surface area contributed by atoms with Gasteiger partial charge in [-0.25, -0.2) is 21.9 Å². The van der Waals surface area contributed by atoms with Gasteiger partial charge in [0.05, 0.1) is 0 Å². The second-order valence-corrected chi connectivity index (χ2v) is 6.70. The van der Waals surface area contributed by atoms with Crippen molar-refractivity contribution in [2.45, 2.75) is 56.9 Å². The lowest BCUT2D eigenvalue weighted by Gasteiger charge is -2.18. The third-order valence-electron chi connectivity index (χ3n) is 3.25. The number of halogens is 2. The number of nitrogens with two attached hydrogens (primary N) is 1. The van der Waals surface area contributed by atoms with E-state index < -0.39 is 32.2 Å². The zero-order valence-electron chi connectivity index (χ0n) is 12.3. The Morgan fingerprint density at radius 2 is 1.86 bits per heavy atom. The van der Waals surface area contributed by atoms with Crippen LogP contribution in [0.1, 0.15) is 46.0 Å². The molecule has 0 bridgehead atoms. The first-order valence-corrected chi connectivity index (χ1v) is 8.57. The van der Waals surface area contributed by atoms with E-state index in [4.69, 9.17) is 5.73 Å². The Bertz CT molecular complexity index is 577. The quantitative estimate of drug-likeness (QED) is 0.723. The van der Waals surface area contributed by atoms with E-state index in [0.29, 0.717) is 12.8 Å². The largest absolute Gasteiger partial charge is 0.394 e. The first-order valence-electron chi connectivity index (χ1n) is 7.09. The number of anilines is 1. The highest BCUT2D eigenvalue weighted by Gasteiger charge is 2.25. The minimum atomic E-state index is -4.05. The number of rotatable bonds is 8. The molecule has 1 rings (SSSR count). The Labute approximate surface area is 124 Å². The second-order valence-electron chi connectivity index (χ2n) is 5.02. The van der Waals surface area contributed by atoms with Gasteiger partial charge in [-0.1, -0.05) is 33.1 Å². The van der Waals surface area contributed by atoms with E-state index in [9.17, 15) is 17.2 Å². The highest BCUT2D eigenvalue weighted by molar-refractivity contribution is 7.89. The topological polar surface area (TPSA) is 72.2 Å². The molecule has 4 nitrogen and oxygen atoms in total. The second kappa shape index (κ2) is 7.70. The van der Waals surface area contributed by atoms with Crippen molar-refractivity contribution < 1.29 is 17.2 Å². The maximum absolute atomic E-state index is 13.9. The molecule has 0 spiro atoms. The molecule has 21 heavy (non-hydrogen) atoms.